The average molecular weight is 1200 g/mol. The van der Waals surface area contributed by atoms with E-state index in [1.807, 2.05) is 57.2 Å². The van der Waals surface area contributed by atoms with Crippen LogP contribution in [0.25, 0.3) is 0 Å². The molecule has 2 aliphatic carbocycles. The molecule has 3 aromatic carbocycles. The number of halogens is 4. The zero-order valence-electron chi connectivity index (χ0n) is 43.2. The molecule has 2 saturated carbocycles. The molecule has 2 saturated heterocycles. The van der Waals surface area contributed by atoms with Gasteiger partial charge in [0.15, 0.2) is 17.5 Å². The molecular formula is C52H66Cl4N16OS4. The highest BCUT2D eigenvalue weighted by molar-refractivity contribution is 8.00. The summed E-state index contributed by atoms with van der Waals surface area (Å²) < 4.78 is 15.9. The highest BCUT2D eigenvalue weighted by Crippen LogP contribution is 2.49. The first-order chi connectivity index (χ1) is 36.6. The Bertz CT molecular complexity index is 3070. The summed E-state index contributed by atoms with van der Waals surface area (Å²) in [5.74, 6) is 2.69. The first-order valence-corrected chi connectivity index (χ1v) is 30.4. The van der Waals surface area contributed by atoms with E-state index in [0.29, 0.717) is 76.3 Å². The van der Waals surface area contributed by atoms with Crippen molar-refractivity contribution in [2.24, 2.45) is 16.6 Å². The standard InChI is InChI=1S/C23H33ClN6OS2.C19H25ClN6S.C10H8Cl2N4S/c1-22(2,3)33(31)29-17-8-5-9-23(17)10-12-30(13-11-23)18-14-27-21(20(26)28-18)32-16-7-4-6-15(25)19(16)24;20-16-12(21)3-1-4-13(16)27-18-17(23)25-15(11-24-18)26-9-7-19(8-10-26)6-2-5-14(19)22;11-7-4-15-10(9(14)16-7)17-6-3-1-2-5(13)8(6)12/h4,6-7,14,17,29H,5,8-13,25H2,1-3H3,(H2,26,28);1,3-4,11,14H,2,5-10,21-22H2,(H2,23,25);1-4H,13H2,(H2,14,16)/t17-,33-;14-;/m11./s1. The van der Waals surface area contributed by atoms with Crippen LogP contribution in [0, 0.1) is 10.8 Å². The van der Waals surface area contributed by atoms with Crippen molar-refractivity contribution in [3.63, 3.8) is 0 Å². The van der Waals surface area contributed by atoms with E-state index in [-0.39, 0.29) is 21.1 Å². The molecule has 6 aromatic rings. The molecule has 2 aliphatic heterocycles. The van der Waals surface area contributed by atoms with Gasteiger partial charge >= 0.3 is 0 Å². The Morgan fingerprint density at radius 2 is 0.961 bits per heavy atom. The molecule has 77 heavy (non-hydrogen) atoms. The Kier molecular flexibility index (Phi) is 19.3. The Morgan fingerprint density at radius 3 is 1.35 bits per heavy atom. The SMILES string of the molecule is CC(C)(C)[S@@](=O)N[C@@H]1CCCC12CCN(c1cnc(Sc3cccc(N)c3Cl)c(N)n1)CC2.Nc1cccc(Sc2ncc(Cl)nc2N)c1Cl.Nc1cccc(Sc2ncc(N3CCC4(CCC[C@H]4N)CC3)nc2N)c1Cl. The number of hydrogen-bond donors (Lipinski definition) is 8. The van der Waals surface area contributed by atoms with E-state index in [1.54, 1.807) is 30.6 Å². The number of piperidine rings is 2. The highest BCUT2D eigenvalue weighted by atomic mass is 35.5. The van der Waals surface area contributed by atoms with Crippen LogP contribution in [0.2, 0.25) is 20.2 Å². The van der Waals surface area contributed by atoms with E-state index in [0.717, 1.165) is 91.0 Å². The van der Waals surface area contributed by atoms with Crippen LogP contribution >= 0.6 is 81.7 Å². The molecule has 25 heteroatoms. The van der Waals surface area contributed by atoms with Crippen molar-refractivity contribution in [3.05, 3.63) is 93.4 Å². The topological polar surface area (TPSA) is 295 Å². The van der Waals surface area contributed by atoms with Crippen LogP contribution < -0.4 is 54.7 Å². The molecule has 0 amide bonds. The number of nitrogens with one attached hydrogen (secondary N) is 1. The van der Waals surface area contributed by atoms with Crippen molar-refractivity contribution >= 4 is 139 Å². The molecule has 3 atom stereocenters. The van der Waals surface area contributed by atoms with Crippen LogP contribution in [0.1, 0.15) is 85.0 Å². The van der Waals surface area contributed by atoms with Gasteiger partial charge in [0.05, 0.1) is 66.5 Å². The van der Waals surface area contributed by atoms with Crippen LogP contribution in [0.15, 0.2) is 103 Å². The van der Waals surface area contributed by atoms with Gasteiger partial charge in [0.25, 0.3) is 0 Å². The van der Waals surface area contributed by atoms with Crippen molar-refractivity contribution in [3.8, 4) is 0 Å². The molecular weight excluding hydrogens is 1130 g/mol. The number of nitrogens with two attached hydrogens (primary N) is 7. The maximum atomic E-state index is 12.7. The Balaban J connectivity index is 0.000000160. The Labute approximate surface area is 486 Å². The lowest BCUT2D eigenvalue weighted by molar-refractivity contribution is 0.188. The van der Waals surface area contributed by atoms with Gasteiger partial charge in [-0.15, -0.1) is 0 Å². The molecule has 2 spiro atoms. The number of benzene rings is 3. The smallest absolute Gasteiger partial charge is 0.158 e. The summed E-state index contributed by atoms with van der Waals surface area (Å²) in [4.78, 5) is 33.3. The normalized spacial score (nSPS) is 19.1. The van der Waals surface area contributed by atoms with Crippen LogP contribution in [0.4, 0.5) is 46.2 Å². The van der Waals surface area contributed by atoms with Gasteiger partial charge in [-0.2, -0.15) is 0 Å². The predicted octanol–water partition coefficient (Wildman–Crippen LogP) is 11.3. The maximum Gasteiger partial charge on any atom is 0.158 e. The maximum absolute atomic E-state index is 12.7. The molecule has 17 nitrogen and oxygen atoms in total. The third kappa shape index (κ3) is 14.1. The van der Waals surface area contributed by atoms with Gasteiger partial charge < -0.3 is 49.9 Å². The summed E-state index contributed by atoms with van der Waals surface area (Å²) in [6.45, 7) is 9.75. The second-order valence-electron chi connectivity index (χ2n) is 20.6. The van der Waals surface area contributed by atoms with Crippen molar-refractivity contribution < 1.29 is 4.21 Å². The fourth-order valence-corrected chi connectivity index (χ4v) is 14.5. The number of aromatic nitrogens is 6. The summed E-state index contributed by atoms with van der Waals surface area (Å²) in [5.41, 5.74) is 44.1. The molecule has 3 aromatic heterocycles. The molecule has 4 aliphatic rings. The van der Waals surface area contributed by atoms with Gasteiger partial charge in [0.1, 0.15) is 31.9 Å². The van der Waals surface area contributed by atoms with Gasteiger partial charge in [-0.1, -0.05) is 113 Å². The van der Waals surface area contributed by atoms with Crippen LogP contribution in [0.5, 0.6) is 0 Å². The molecule has 4 fully saturated rings. The van der Waals surface area contributed by atoms with Gasteiger partial charge in [-0.25, -0.2) is 38.8 Å². The van der Waals surface area contributed by atoms with E-state index in [4.69, 9.17) is 86.5 Å². The van der Waals surface area contributed by atoms with Gasteiger partial charge in [-0.3, -0.25) is 0 Å². The third-order valence-corrected chi connectivity index (χ3v) is 21.3. The molecule has 0 bridgehead atoms. The number of rotatable bonds is 10. The lowest BCUT2D eigenvalue weighted by atomic mass is 9.74. The van der Waals surface area contributed by atoms with E-state index >= 15 is 0 Å². The molecule has 0 radical (unpaired) electrons. The molecule has 0 unspecified atom stereocenters. The summed E-state index contributed by atoms with van der Waals surface area (Å²) in [6, 6.07) is 17.0. The minimum absolute atomic E-state index is 0.205. The zero-order chi connectivity index (χ0) is 55.2. The van der Waals surface area contributed by atoms with Crippen LogP contribution in [-0.2, 0) is 11.0 Å². The van der Waals surface area contributed by atoms with Crippen LogP contribution in [-0.4, -0.2) is 77.1 Å². The summed E-state index contributed by atoms with van der Waals surface area (Å²) >= 11 is 28.4. The number of hydrogen-bond acceptors (Lipinski definition) is 19. The molecule has 15 N–H and O–H groups in total. The van der Waals surface area contributed by atoms with E-state index in [1.165, 1.54) is 67.2 Å². The number of nitrogen functional groups attached to an aromatic ring is 6. The molecule has 412 valence electrons. The van der Waals surface area contributed by atoms with Gasteiger partial charge in [0, 0.05) is 52.9 Å². The molecule has 10 rings (SSSR count). The zero-order valence-corrected chi connectivity index (χ0v) is 49.4. The first kappa shape index (κ1) is 58.7. The van der Waals surface area contributed by atoms with Gasteiger partial charge in [0.2, 0.25) is 0 Å². The molecule has 5 heterocycles. The van der Waals surface area contributed by atoms with Crippen LogP contribution in [0.3, 0.4) is 0 Å². The lowest BCUT2D eigenvalue weighted by Crippen LogP contribution is -2.51. The van der Waals surface area contributed by atoms with Crippen molar-refractivity contribution in [2.75, 3.05) is 70.4 Å². The fraction of sp³-hybridized carbons (Fsp3) is 0.423. The highest BCUT2D eigenvalue weighted by Gasteiger charge is 2.46. The minimum atomic E-state index is -1.05. The summed E-state index contributed by atoms with van der Waals surface area (Å²) in [7, 11) is -1.05. The second-order valence-corrected chi connectivity index (χ2v) is 27.3. The van der Waals surface area contributed by atoms with E-state index in [9.17, 15) is 4.21 Å². The largest absolute Gasteiger partial charge is 0.397 e. The first-order valence-electron chi connectivity index (χ1n) is 25.3. The average Bonchev–Trinajstić information content (AvgIpc) is 3.98. The van der Waals surface area contributed by atoms with Crippen molar-refractivity contribution in [2.45, 2.75) is 132 Å². The van der Waals surface area contributed by atoms with Crippen molar-refractivity contribution in [1.29, 1.82) is 0 Å². The monoisotopic (exact) mass is 1200 g/mol. The van der Waals surface area contributed by atoms with E-state index < -0.39 is 11.0 Å². The summed E-state index contributed by atoms with van der Waals surface area (Å²) in [6.07, 6.45) is 16.5. The lowest BCUT2D eigenvalue weighted by Gasteiger charge is -2.44. The number of anilines is 8. The minimum Gasteiger partial charge on any atom is -0.397 e. The number of nitrogens with zero attached hydrogens (tertiary/aromatic N) is 8. The third-order valence-electron chi connectivity index (χ3n) is 14.7. The quantitative estimate of drug-likeness (QED) is 0.0591. The fourth-order valence-electron chi connectivity index (χ4n) is 10.2. The summed E-state index contributed by atoms with van der Waals surface area (Å²) in [5, 5.41) is 3.55. The Morgan fingerprint density at radius 1 is 0.571 bits per heavy atom. The second kappa shape index (κ2) is 25.4. The predicted molar refractivity (Wildman–Crippen MR) is 323 cm³/mol. The van der Waals surface area contributed by atoms with Crippen molar-refractivity contribution in [1.82, 2.24) is 34.6 Å². The van der Waals surface area contributed by atoms with Gasteiger partial charge in [-0.05, 0) is 119 Å². The van der Waals surface area contributed by atoms with E-state index in [2.05, 4.69) is 44.4 Å². The Hall–Kier alpha value is -4.42.